The summed E-state index contributed by atoms with van der Waals surface area (Å²) in [6, 6.07) is 76.1. The normalized spacial score (nSPS) is 12.2. The summed E-state index contributed by atoms with van der Waals surface area (Å²) in [4.78, 5) is 10.1. The minimum absolute atomic E-state index is 0.886. The highest BCUT2D eigenvalue weighted by Crippen LogP contribution is 2.42. The quantitative estimate of drug-likeness (QED) is 0.0954. The van der Waals surface area contributed by atoms with E-state index in [0.29, 0.717) is 0 Å². The summed E-state index contributed by atoms with van der Waals surface area (Å²) < 4.78 is 7.15. The predicted octanol–water partition coefficient (Wildman–Crippen LogP) is 10.6. The first-order valence-electron chi connectivity index (χ1n) is 21.2. The third kappa shape index (κ3) is 4.78. The second kappa shape index (κ2) is 13.5. The number of rotatable bonds is 6. The Bertz CT molecular complexity index is 3810. The average molecular weight is 808 g/mol. The SMILES string of the molecule is c1ccc(-n2c3ccccc3c3c([Si](c4ccccc4)(c4ccccc4)c4ccc5c6ccccc6n6ccnc6c5c4)cc4c(c5ccccc5n4-c4ccccn4)c32)cc1. The number of benzene rings is 8. The van der Waals surface area contributed by atoms with Gasteiger partial charge in [0, 0.05) is 56.6 Å². The molecule has 8 aromatic carbocycles. The van der Waals surface area contributed by atoms with Crippen LogP contribution in [0.15, 0.2) is 225 Å². The Morgan fingerprint density at radius 1 is 0.371 bits per heavy atom. The molecule has 0 N–H and O–H groups in total. The van der Waals surface area contributed by atoms with Crippen LogP contribution in [0.3, 0.4) is 0 Å². The van der Waals surface area contributed by atoms with E-state index in [0.717, 1.165) is 39.1 Å². The number of pyridine rings is 2. The lowest BCUT2D eigenvalue weighted by atomic mass is 10.1. The van der Waals surface area contributed by atoms with Gasteiger partial charge >= 0.3 is 0 Å². The van der Waals surface area contributed by atoms with Crippen LogP contribution < -0.4 is 20.7 Å². The molecule has 0 saturated heterocycles. The molecule has 0 radical (unpaired) electrons. The molecule has 13 aromatic rings. The van der Waals surface area contributed by atoms with Crippen molar-refractivity contribution >= 4 is 99.8 Å². The molecule has 0 saturated carbocycles. The first kappa shape index (κ1) is 34.8. The van der Waals surface area contributed by atoms with Crippen LogP contribution in [0.25, 0.3) is 82.4 Å². The number of fused-ring (bicyclic) bond motifs is 13. The molecule has 0 aliphatic heterocycles. The number of hydrogen-bond donors (Lipinski definition) is 0. The van der Waals surface area contributed by atoms with Crippen molar-refractivity contribution in [1.82, 2.24) is 23.5 Å². The molecule has 0 unspecified atom stereocenters. The van der Waals surface area contributed by atoms with Crippen molar-refractivity contribution in [3.63, 3.8) is 0 Å². The fraction of sp³-hybridized carbons (Fsp3) is 0. The van der Waals surface area contributed by atoms with Crippen molar-refractivity contribution in [3.8, 4) is 11.5 Å². The first-order chi connectivity index (χ1) is 30.8. The van der Waals surface area contributed by atoms with Crippen LogP contribution in [0.5, 0.6) is 0 Å². The molecule has 5 heterocycles. The Labute approximate surface area is 358 Å². The van der Waals surface area contributed by atoms with Gasteiger partial charge in [-0.25, -0.2) is 9.97 Å². The summed E-state index contributed by atoms with van der Waals surface area (Å²) in [5.74, 6) is 0.886. The van der Waals surface area contributed by atoms with Crippen LogP contribution in [0.4, 0.5) is 0 Å². The van der Waals surface area contributed by atoms with Crippen molar-refractivity contribution in [2.45, 2.75) is 0 Å². The summed E-state index contributed by atoms with van der Waals surface area (Å²) in [7, 11) is -3.30. The maximum atomic E-state index is 5.04. The number of para-hydroxylation sites is 4. The Morgan fingerprint density at radius 2 is 0.968 bits per heavy atom. The highest BCUT2D eigenvalue weighted by Gasteiger charge is 2.44. The summed E-state index contributed by atoms with van der Waals surface area (Å²) in [6.07, 6.45) is 5.92. The van der Waals surface area contributed by atoms with Gasteiger partial charge in [-0.2, -0.15) is 0 Å². The lowest BCUT2D eigenvalue weighted by molar-refractivity contribution is 1.08. The largest absolute Gasteiger partial charge is 0.309 e. The van der Waals surface area contributed by atoms with E-state index in [2.05, 4.69) is 220 Å². The smallest absolute Gasteiger partial charge is 0.180 e. The van der Waals surface area contributed by atoms with Gasteiger partial charge in [-0.05, 0) is 74.7 Å². The van der Waals surface area contributed by atoms with E-state index in [-0.39, 0.29) is 0 Å². The second-order valence-electron chi connectivity index (χ2n) is 16.2. The molecule has 0 aliphatic rings. The van der Waals surface area contributed by atoms with E-state index < -0.39 is 8.07 Å². The van der Waals surface area contributed by atoms with Gasteiger partial charge < -0.3 is 4.57 Å². The minimum Gasteiger partial charge on any atom is -0.309 e. The number of hydrogen-bond acceptors (Lipinski definition) is 2. The molecule has 290 valence electrons. The summed E-state index contributed by atoms with van der Waals surface area (Å²) in [5.41, 5.74) is 7.85. The Balaban J connectivity index is 1.31. The van der Waals surface area contributed by atoms with Crippen molar-refractivity contribution in [1.29, 1.82) is 0 Å². The molecular formula is C56H37N5Si. The Morgan fingerprint density at radius 3 is 1.66 bits per heavy atom. The van der Waals surface area contributed by atoms with Crippen LogP contribution >= 0.6 is 0 Å². The van der Waals surface area contributed by atoms with E-state index in [4.69, 9.17) is 9.97 Å². The third-order valence-electron chi connectivity index (χ3n) is 13.1. The summed E-state index contributed by atoms with van der Waals surface area (Å²) in [5, 5.41) is 13.7. The van der Waals surface area contributed by atoms with Crippen LogP contribution in [0, 0.1) is 0 Å². The zero-order valence-corrected chi connectivity index (χ0v) is 34.6. The molecule has 0 aliphatic carbocycles. The van der Waals surface area contributed by atoms with Gasteiger partial charge in [0.05, 0.1) is 27.6 Å². The van der Waals surface area contributed by atoms with Gasteiger partial charge in [0.1, 0.15) is 11.5 Å². The predicted molar refractivity (Wildman–Crippen MR) is 260 cm³/mol. The van der Waals surface area contributed by atoms with Gasteiger partial charge in [0.25, 0.3) is 0 Å². The maximum absolute atomic E-state index is 5.04. The zero-order chi connectivity index (χ0) is 40.8. The van der Waals surface area contributed by atoms with Gasteiger partial charge in [0.2, 0.25) is 0 Å². The maximum Gasteiger partial charge on any atom is 0.180 e. The van der Waals surface area contributed by atoms with E-state index in [1.54, 1.807) is 0 Å². The minimum atomic E-state index is -3.30. The highest BCUT2D eigenvalue weighted by molar-refractivity contribution is 7.21. The van der Waals surface area contributed by atoms with Crippen LogP contribution in [-0.2, 0) is 0 Å². The molecule has 0 amide bonds. The molecule has 13 rings (SSSR count). The molecule has 0 spiro atoms. The van der Waals surface area contributed by atoms with Gasteiger partial charge in [0.15, 0.2) is 8.07 Å². The van der Waals surface area contributed by atoms with E-state index >= 15 is 0 Å². The van der Waals surface area contributed by atoms with Crippen LogP contribution in [-0.4, -0.2) is 31.6 Å². The molecule has 6 heteroatoms. The molecule has 5 nitrogen and oxygen atoms in total. The molecule has 5 aromatic heterocycles. The Hall–Kier alpha value is -8.06. The molecule has 0 fully saturated rings. The van der Waals surface area contributed by atoms with E-state index in [1.807, 2.05) is 18.5 Å². The number of nitrogens with zero attached hydrogens (tertiary/aromatic N) is 5. The fourth-order valence-corrected chi connectivity index (χ4v) is 15.6. The topological polar surface area (TPSA) is 40.0 Å². The number of aromatic nitrogens is 5. The highest BCUT2D eigenvalue weighted by atomic mass is 28.3. The van der Waals surface area contributed by atoms with Crippen molar-refractivity contribution in [2.24, 2.45) is 0 Å². The number of imidazole rings is 1. The average Bonchev–Trinajstić information content (AvgIpc) is 4.07. The van der Waals surface area contributed by atoms with E-state index in [1.165, 1.54) is 64.1 Å². The van der Waals surface area contributed by atoms with Crippen molar-refractivity contribution in [3.05, 3.63) is 225 Å². The standard InChI is InChI=1S/C56H37N5Si/c1-4-18-38(19-5-1)60-48-28-14-12-26-45(48)54-51(37-50-53(55(54)60)44-25-11-15-29-49(44)61(50)52-30-16-17-33-57-52)62(39-20-6-2-7-21-39,40-22-8-3-9-23-40)41-31-32-42-43-24-10-13-27-47(43)59-35-34-58-56(59)46(42)36-41/h1-37H. The molecular weight excluding hydrogens is 771 g/mol. The summed E-state index contributed by atoms with van der Waals surface area (Å²) >= 11 is 0. The monoisotopic (exact) mass is 807 g/mol. The molecule has 0 bridgehead atoms. The van der Waals surface area contributed by atoms with Crippen molar-refractivity contribution < 1.29 is 0 Å². The van der Waals surface area contributed by atoms with Gasteiger partial charge in [-0.1, -0.05) is 158 Å². The first-order valence-corrected chi connectivity index (χ1v) is 23.2. The fourth-order valence-electron chi connectivity index (χ4n) is 10.6. The lowest BCUT2D eigenvalue weighted by Crippen LogP contribution is -2.74. The molecule has 62 heavy (non-hydrogen) atoms. The van der Waals surface area contributed by atoms with E-state index in [9.17, 15) is 0 Å². The zero-order valence-electron chi connectivity index (χ0n) is 33.6. The lowest BCUT2D eigenvalue weighted by Gasteiger charge is -2.35. The van der Waals surface area contributed by atoms with Gasteiger partial charge in [-0.15, -0.1) is 0 Å². The van der Waals surface area contributed by atoms with Crippen molar-refractivity contribution in [2.75, 3.05) is 0 Å². The van der Waals surface area contributed by atoms with Crippen LogP contribution in [0.2, 0.25) is 0 Å². The summed E-state index contributed by atoms with van der Waals surface area (Å²) in [6.45, 7) is 0. The molecule has 0 atom stereocenters. The van der Waals surface area contributed by atoms with Gasteiger partial charge in [-0.3, -0.25) is 8.97 Å². The van der Waals surface area contributed by atoms with Crippen LogP contribution in [0.1, 0.15) is 0 Å². The second-order valence-corrected chi connectivity index (χ2v) is 19.9. The third-order valence-corrected chi connectivity index (χ3v) is 17.8. The Kier molecular flexibility index (Phi) is 7.56.